The normalized spacial score (nSPS) is 30.1. The Morgan fingerprint density at radius 3 is 2.55 bits per heavy atom. The molecule has 2 rings (SSSR count). The van der Waals surface area contributed by atoms with E-state index in [-0.39, 0.29) is 17.3 Å². The van der Waals surface area contributed by atoms with Crippen molar-refractivity contribution >= 4 is 11.7 Å². The molecule has 1 saturated heterocycles. The Bertz CT molecular complexity index is 383. The molecule has 0 bridgehead atoms. The fourth-order valence-electron chi connectivity index (χ4n) is 3.26. The van der Waals surface area contributed by atoms with Crippen molar-refractivity contribution in [3.8, 4) is 0 Å². The maximum absolute atomic E-state index is 12.6. The minimum atomic E-state index is -0.845. The average Bonchev–Trinajstić information content (AvgIpc) is 2.91. The van der Waals surface area contributed by atoms with Gasteiger partial charge in [0.05, 0.1) is 5.60 Å². The molecule has 1 heterocycles. The van der Waals surface area contributed by atoms with E-state index in [1.54, 1.807) is 0 Å². The Morgan fingerprint density at radius 1 is 1.30 bits per heavy atom. The number of amidine groups is 1. The van der Waals surface area contributed by atoms with E-state index in [0.717, 1.165) is 38.7 Å². The second-order valence-electron chi connectivity index (χ2n) is 6.21. The predicted molar refractivity (Wildman–Crippen MR) is 75.5 cm³/mol. The third kappa shape index (κ3) is 2.90. The van der Waals surface area contributed by atoms with Crippen molar-refractivity contribution in [1.29, 1.82) is 0 Å². The molecular formula is C14H25N3O3. The highest BCUT2D eigenvalue weighted by Gasteiger charge is 2.44. The maximum Gasteiger partial charge on any atom is 0.234 e. The number of amides is 1. The van der Waals surface area contributed by atoms with Crippen LogP contribution in [0.15, 0.2) is 5.16 Å². The first-order valence-electron chi connectivity index (χ1n) is 7.43. The van der Waals surface area contributed by atoms with Gasteiger partial charge < -0.3 is 21.0 Å². The third-order valence-electron chi connectivity index (χ3n) is 4.66. The molecule has 1 saturated carbocycles. The van der Waals surface area contributed by atoms with Crippen LogP contribution in [-0.4, -0.2) is 35.7 Å². The summed E-state index contributed by atoms with van der Waals surface area (Å²) in [5.74, 6) is -0.101. The van der Waals surface area contributed by atoms with Gasteiger partial charge in [0.2, 0.25) is 5.91 Å². The summed E-state index contributed by atoms with van der Waals surface area (Å²) < 4.78 is 5.67. The van der Waals surface area contributed by atoms with Gasteiger partial charge in [0.25, 0.3) is 0 Å². The molecule has 1 unspecified atom stereocenters. The molecule has 2 fully saturated rings. The topological polar surface area (TPSA) is 96.9 Å². The summed E-state index contributed by atoms with van der Waals surface area (Å²) in [6.45, 7) is 3.24. The summed E-state index contributed by atoms with van der Waals surface area (Å²) >= 11 is 0. The van der Waals surface area contributed by atoms with Crippen molar-refractivity contribution in [1.82, 2.24) is 5.32 Å². The molecule has 6 nitrogen and oxygen atoms in total. The van der Waals surface area contributed by atoms with Crippen LogP contribution in [0, 0.1) is 5.41 Å². The number of carbonyl (C=O) groups excluding carboxylic acids is 1. The van der Waals surface area contributed by atoms with E-state index in [9.17, 15) is 4.79 Å². The third-order valence-corrected chi connectivity index (χ3v) is 4.66. The van der Waals surface area contributed by atoms with Crippen molar-refractivity contribution in [2.75, 3.05) is 13.2 Å². The first-order valence-corrected chi connectivity index (χ1v) is 7.43. The zero-order valence-electron chi connectivity index (χ0n) is 12.2. The van der Waals surface area contributed by atoms with E-state index < -0.39 is 5.41 Å². The molecule has 1 aliphatic carbocycles. The van der Waals surface area contributed by atoms with E-state index >= 15 is 0 Å². The Balaban J connectivity index is 2.03. The molecule has 0 aromatic carbocycles. The van der Waals surface area contributed by atoms with Crippen LogP contribution in [0.4, 0.5) is 0 Å². The van der Waals surface area contributed by atoms with E-state index in [1.807, 2.05) is 6.92 Å². The SMILES string of the molecule is CC1(CNC(=O)C2(C(N)=NO)CCCCC2)CCCO1. The van der Waals surface area contributed by atoms with E-state index in [1.165, 1.54) is 0 Å². The summed E-state index contributed by atoms with van der Waals surface area (Å²) in [4.78, 5) is 12.6. The van der Waals surface area contributed by atoms with Gasteiger partial charge in [-0.1, -0.05) is 24.4 Å². The molecule has 1 amide bonds. The van der Waals surface area contributed by atoms with Gasteiger partial charge in [0.1, 0.15) is 5.41 Å². The number of nitrogens with zero attached hydrogens (tertiary/aromatic N) is 1. The minimum Gasteiger partial charge on any atom is -0.409 e. The van der Waals surface area contributed by atoms with E-state index in [4.69, 9.17) is 15.7 Å². The van der Waals surface area contributed by atoms with Gasteiger partial charge in [0.15, 0.2) is 5.84 Å². The molecule has 0 spiro atoms. The number of ether oxygens (including phenoxy) is 1. The number of nitrogens with two attached hydrogens (primary N) is 1. The number of hydrogen-bond donors (Lipinski definition) is 3. The van der Waals surface area contributed by atoms with Crippen molar-refractivity contribution in [3.05, 3.63) is 0 Å². The lowest BCUT2D eigenvalue weighted by molar-refractivity contribution is -0.130. The van der Waals surface area contributed by atoms with Crippen LogP contribution in [0.2, 0.25) is 0 Å². The van der Waals surface area contributed by atoms with Crippen LogP contribution in [0.5, 0.6) is 0 Å². The maximum atomic E-state index is 12.6. The summed E-state index contributed by atoms with van der Waals surface area (Å²) in [5, 5.41) is 15.0. The zero-order chi connectivity index (χ0) is 14.6. The number of carbonyl (C=O) groups is 1. The lowest BCUT2D eigenvalue weighted by atomic mass is 9.72. The first kappa shape index (κ1) is 15.1. The van der Waals surface area contributed by atoms with Gasteiger partial charge in [-0.15, -0.1) is 0 Å². The molecule has 20 heavy (non-hydrogen) atoms. The van der Waals surface area contributed by atoms with Crippen LogP contribution in [0.25, 0.3) is 0 Å². The summed E-state index contributed by atoms with van der Waals surface area (Å²) in [7, 11) is 0. The highest BCUT2D eigenvalue weighted by atomic mass is 16.5. The van der Waals surface area contributed by atoms with Crippen LogP contribution in [0.1, 0.15) is 51.9 Å². The monoisotopic (exact) mass is 283 g/mol. The number of oxime groups is 1. The highest BCUT2D eigenvalue weighted by Crippen LogP contribution is 2.37. The highest BCUT2D eigenvalue weighted by molar-refractivity contribution is 6.06. The lowest BCUT2D eigenvalue weighted by Crippen LogP contribution is -2.53. The smallest absolute Gasteiger partial charge is 0.234 e. The molecule has 114 valence electrons. The van der Waals surface area contributed by atoms with Crippen LogP contribution >= 0.6 is 0 Å². The average molecular weight is 283 g/mol. The first-order chi connectivity index (χ1) is 9.52. The van der Waals surface area contributed by atoms with Gasteiger partial charge in [-0.2, -0.15) is 0 Å². The van der Waals surface area contributed by atoms with E-state index in [2.05, 4.69) is 10.5 Å². The second kappa shape index (κ2) is 5.99. The molecule has 6 heteroatoms. The standard InChI is InChI=1S/C14H25N3O3/c1-13(6-5-9-20-13)10-16-12(18)14(11(15)17-19)7-3-2-4-8-14/h19H,2-10H2,1H3,(H2,15,17)(H,16,18). The summed E-state index contributed by atoms with van der Waals surface area (Å²) in [6, 6.07) is 0. The molecule has 1 aliphatic heterocycles. The van der Waals surface area contributed by atoms with Gasteiger partial charge in [-0.25, -0.2) is 0 Å². The van der Waals surface area contributed by atoms with Crippen LogP contribution in [-0.2, 0) is 9.53 Å². The summed E-state index contributed by atoms with van der Waals surface area (Å²) in [5.41, 5.74) is 4.68. The Hall–Kier alpha value is -1.30. The molecule has 4 N–H and O–H groups in total. The van der Waals surface area contributed by atoms with Crippen molar-refractivity contribution in [3.63, 3.8) is 0 Å². The molecule has 0 aromatic heterocycles. The van der Waals surface area contributed by atoms with Crippen molar-refractivity contribution in [2.24, 2.45) is 16.3 Å². The predicted octanol–water partition coefficient (Wildman–Crippen LogP) is 1.37. The number of nitrogens with one attached hydrogen (secondary N) is 1. The minimum absolute atomic E-state index is 0.0344. The Morgan fingerprint density at radius 2 is 2.00 bits per heavy atom. The Kier molecular flexibility index (Phi) is 4.52. The van der Waals surface area contributed by atoms with Crippen LogP contribution < -0.4 is 11.1 Å². The molecule has 1 atom stereocenters. The number of hydrogen-bond acceptors (Lipinski definition) is 4. The summed E-state index contributed by atoms with van der Waals surface area (Å²) in [6.07, 6.45) is 6.21. The molecule has 0 aromatic rings. The molecule has 0 radical (unpaired) electrons. The fourth-order valence-corrected chi connectivity index (χ4v) is 3.26. The van der Waals surface area contributed by atoms with Crippen molar-refractivity contribution < 1.29 is 14.7 Å². The van der Waals surface area contributed by atoms with Gasteiger partial charge in [0, 0.05) is 13.2 Å². The lowest BCUT2D eigenvalue weighted by Gasteiger charge is -2.35. The van der Waals surface area contributed by atoms with Crippen molar-refractivity contribution in [2.45, 2.75) is 57.5 Å². The quantitative estimate of drug-likeness (QED) is 0.314. The fraction of sp³-hybridized carbons (Fsp3) is 0.857. The molecule has 2 aliphatic rings. The van der Waals surface area contributed by atoms with Crippen LogP contribution in [0.3, 0.4) is 0 Å². The Labute approximate surface area is 119 Å². The van der Waals surface area contributed by atoms with Gasteiger partial charge in [-0.3, -0.25) is 4.79 Å². The molecular weight excluding hydrogens is 258 g/mol. The number of rotatable bonds is 4. The van der Waals surface area contributed by atoms with Gasteiger partial charge in [-0.05, 0) is 32.6 Å². The zero-order valence-corrected chi connectivity index (χ0v) is 12.2. The van der Waals surface area contributed by atoms with E-state index in [0.29, 0.717) is 19.4 Å². The largest absolute Gasteiger partial charge is 0.409 e. The van der Waals surface area contributed by atoms with Gasteiger partial charge >= 0.3 is 0 Å². The second-order valence-corrected chi connectivity index (χ2v) is 6.21.